The molecule has 0 aliphatic heterocycles. The van der Waals surface area contributed by atoms with Crippen LogP contribution in [0, 0.1) is 5.41 Å². The molecule has 0 bridgehead atoms. The molecule has 1 rings (SSSR count). The summed E-state index contributed by atoms with van der Waals surface area (Å²) in [6.45, 7) is 2.22. The largest absolute Gasteiger partial charge is 0.126 e. The molecule has 0 amide bonds. The zero-order chi connectivity index (χ0) is 12.6. The van der Waals surface area contributed by atoms with Crippen LogP contribution >= 0.6 is 23.2 Å². The van der Waals surface area contributed by atoms with Gasteiger partial charge in [-0.2, -0.15) is 0 Å². The minimum Gasteiger partial charge on any atom is -0.126 e. The SMILES string of the molecule is CCCCCC(CCl)(CCl)Cc1ccccc1. The van der Waals surface area contributed by atoms with E-state index in [1.165, 1.54) is 24.8 Å². The number of alkyl halides is 2. The maximum atomic E-state index is 6.17. The van der Waals surface area contributed by atoms with E-state index in [0.717, 1.165) is 12.8 Å². The molecule has 0 spiro atoms. The summed E-state index contributed by atoms with van der Waals surface area (Å²) in [6.07, 6.45) is 5.85. The van der Waals surface area contributed by atoms with Gasteiger partial charge in [0, 0.05) is 17.2 Å². The fourth-order valence-corrected chi connectivity index (χ4v) is 2.87. The summed E-state index contributed by atoms with van der Waals surface area (Å²) in [5, 5.41) is 0. The first-order valence-corrected chi connectivity index (χ1v) is 7.49. The highest BCUT2D eigenvalue weighted by Crippen LogP contribution is 2.32. The van der Waals surface area contributed by atoms with E-state index < -0.39 is 0 Å². The van der Waals surface area contributed by atoms with Crippen LogP contribution in [0.2, 0.25) is 0 Å². The van der Waals surface area contributed by atoms with Crippen molar-refractivity contribution in [1.29, 1.82) is 0 Å². The lowest BCUT2D eigenvalue weighted by Gasteiger charge is -2.30. The fraction of sp³-hybridized carbons (Fsp3) is 0.600. The van der Waals surface area contributed by atoms with E-state index in [0.29, 0.717) is 11.8 Å². The molecule has 1 aromatic rings. The minimum atomic E-state index is 0.0691. The van der Waals surface area contributed by atoms with Crippen LogP contribution in [0.25, 0.3) is 0 Å². The average molecular weight is 273 g/mol. The molecule has 0 radical (unpaired) electrons. The van der Waals surface area contributed by atoms with Crippen LogP contribution in [0.4, 0.5) is 0 Å². The summed E-state index contributed by atoms with van der Waals surface area (Å²) in [5.41, 5.74) is 1.41. The van der Waals surface area contributed by atoms with Gasteiger partial charge in [-0.25, -0.2) is 0 Å². The molecule has 2 heteroatoms. The van der Waals surface area contributed by atoms with E-state index in [-0.39, 0.29) is 5.41 Å². The first-order chi connectivity index (χ1) is 8.26. The summed E-state index contributed by atoms with van der Waals surface area (Å²) in [6, 6.07) is 10.5. The van der Waals surface area contributed by atoms with Crippen molar-refractivity contribution in [3.8, 4) is 0 Å². The van der Waals surface area contributed by atoms with Crippen LogP contribution in [-0.4, -0.2) is 11.8 Å². The molecular formula is C15H22Cl2. The van der Waals surface area contributed by atoms with E-state index in [9.17, 15) is 0 Å². The normalized spacial score (nSPS) is 11.7. The molecule has 1 aromatic carbocycles. The van der Waals surface area contributed by atoms with Crippen molar-refractivity contribution in [2.45, 2.75) is 39.0 Å². The van der Waals surface area contributed by atoms with Gasteiger partial charge < -0.3 is 0 Å². The number of benzene rings is 1. The fourth-order valence-electron chi connectivity index (χ4n) is 2.13. The minimum absolute atomic E-state index is 0.0691. The molecule has 96 valence electrons. The first-order valence-electron chi connectivity index (χ1n) is 6.42. The monoisotopic (exact) mass is 272 g/mol. The summed E-state index contributed by atoms with van der Waals surface area (Å²) in [4.78, 5) is 0. The molecule has 17 heavy (non-hydrogen) atoms. The van der Waals surface area contributed by atoms with Crippen LogP contribution in [0.1, 0.15) is 38.2 Å². The van der Waals surface area contributed by atoms with Gasteiger partial charge in [-0.3, -0.25) is 0 Å². The van der Waals surface area contributed by atoms with E-state index in [1.54, 1.807) is 0 Å². The number of rotatable bonds is 8. The Morgan fingerprint density at radius 3 is 2.18 bits per heavy atom. The summed E-state index contributed by atoms with van der Waals surface area (Å²) < 4.78 is 0. The zero-order valence-electron chi connectivity index (χ0n) is 10.6. The number of unbranched alkanes of at least 4 members (excludes halogenated alkanes) is 2. The van der Waals surface area contributed by atoms with Crippen molar-refractivity contribution in [2.75, 3.05) is 11.8 Å². The zero-order valence-corrected chi connectivity index (χ0v) is 12.1. The van der Waals surface area contributed by atoms with Crippen molar-refractivity contribution in [3.05, 3.63) is 35.9 Å². The third-order valence-electron chi connectivity index (χ3n) is 3.30. The van der Waals surface area contributed by atoms with Gasteiger partial charge >= 0.3 is 0 Å². The van der Waals surface area contributed by atoms with Crippen molar-refractivity contribution in [1.82, 2.24) is 0 Å². The van der Waals surface area contributed by atoms with Gasteiger partial charge in [0.1, 0.15) is 0 Å². The molecule has 0 saturated heterocycles. The molecule has 0 N–H and O–H groups in total. The van der Waals surface area contributed by atoms with Crippen molar-refractivity contribution in [3.63, 3.8) is 0 Å². The van der Waals surface area contributed by atoms with Crippen LogP contribution < -0.4 is 0 Å². The van der Waals surface area contributed by atoms with Crippen LogP contribution in [-0.2, 0) is 6.42 Å². The Balaban J connectivity index is 2.63. The van der Waals surface area contributed by atoms with Gasteiger partial charge in [-0.05, 0) is 18.4 Å². The average Bonchev–Trinajstić information content (AvgIpc) is 2.39. The molecule has 0 nitrogen and oxygen atoms in total. The standard InChI is InChI=1S/C15H22Cl2/c1-2-3-7-10-15(12-16,13-17)11-14-8-5-4-6-9-14/h4-6,8-9H,2-3,7,10-13H2,1H3. The molecule has 0 aliphatic rings. The van der Waals surface area contributed by atoms with E-state index >= 15 is 0 Å². The van der Waals surface area contributed by atoms with E-state index in [2.05, 4.69) is 31.2 Å². The second-order valence-electron chi connectivity index (χ2n) is 4.89. The molecular weight excluding hydrogens is 251 g/mol. The van der Waals surface area contributed by atoms with Gasteiger partial charge in [-0.15, -0.1) is 23.2 Å². The number of hydrogen-bond donors (Lipinski definition) is 0. The van der Waals surface area contributed by atoms with Gasteiger partial charge in [0.2, 0.25) is 0 Å². The van der Waals surface area contributed by atoms with Gasteiger partial charge in [0.05, 0.1) is 0 Å². The molecule has 0 aliphatic carbocycles. The van der Waals surface area contributed by atoms with E-state index in [4.69, 9.17) is 23.2 Å². The van der Waals surface area contributed by atoms with E-state index in [1.807, 2.05) is 6.07 Å². The quantitative estimate of drug-likeness (QED) is 0.447. The third-order valence-corrected chi connectivity index (χ3v) is 4.43. The van der Waals surface area contributed by atoms with Crippen LogP contribution in [0.5, 0.6) is 0 Å². The second-order valence-corrected chi connectivity index (χ2v) is 5.42. The van der Waals surface area contributed by atoms with Gasteiger partial charge in [0.15, 0.2) is 0 Å². The molecule has 0 atom stereocenters. The lowest BCUT2D eigenvalue weighted by molar-refractivity contribution is 0.330. The molecule has 0 heterocycles. The Kier molecular flexibility index (Phi) is 6.99. The highest BCUT2D eigenvalue weighted by molar-refractivity contribution is 6.21. The molecule has 0 fully saturated rings. The maximum Gasteiger partial charge on any atom is 0.0294 e. The van der Waals surface area contributed by atoms with Crippen molar-refractivity contribution in [2.24, 2.45) is 5.41 Å². The molecule has 0 aromatic heterocycles. The molecule has 0 unspecified atom stereocenters. The van der Waals surface area contributed by atoms with Crippen molar-refractivity contribution >= 4 is 23.2 Å². The Morgan fingerprint density at radius 2 is 1.65 bits per heavy atom. The van der Waals surface area contributed by atoms with Gasteiger partial charge in [-0.1, -0.05) is 56.5 Å². The smallest absolute Gasteiger partial charge is 0.0294 e. The maximum absolute atomic E-state index is 6.17. The lowest BCUT2D eigenvalue weighted by Crippen LogP contribution is -2.28. The van der Waals surface area contributed by atoms with Gasteiger partial charge in [0.25, 0.3) is 0 Å². The Labute approximate surface area is 115 Å². The summed E-state index contributed by atoms with van der Waals surface area (Å²) in [5.74, 6) is 1.30. The van der Waals surface area contributed by atoms with Crippen molar-refractivity contribution < 1.29 is 0 Å². The summed E-state index contributed by atoms with van der Waals surface area (Å²) in [7, 11) is 0. The highest BCUT2D eigenvalue weighted by Gasteiger charge is 2.28. The topological polar surface area (TPSA) is 0 Å². The number of hydrogen-bond acceptors (Lipinski definition) is 0. The predicted molar refractivity (Wildman–Crippen MR) is 78.2 cm³/mol. The second kappa shape index (κ2) is 8.00. The first kappa shape index (κ1) is 14.9. The third kappa shape index (κ3) is 4.89. The lowest BCUT2D eigenvalue weighted by atomic mass is 9.80. The molecule has 0 saturated carbocycles. The Bertz CT molecular complexity index is 291. The summed E-state index contributed by atoms with van der Waals surface area (Å²) >= 11 is 12.3. The highest BCUT2D eigenvalue weighted by atomic mass is 35.5. The number of halogens is 2. The van der Waals surface area contributed by atoms with Crippen LogP contribution in [0.15, 0.2) is 30.3 Å². The Morgan fingerprint density at radius 1 is 1.00 bits per heavy atom. The predicted octanol–water partition coefficient (Wildman–Crippen LogP) is 5.27. The Hall–Kier alpha value is -0.200. The van der Waals surface area contributed by atoms with Crippen LogP contribution in [0.3, 0.4) is 0 Å².